The van der Waals surface area contributed by atoms with Crippen LogP contribution in [-0.2, 0) is 11.3 Å². The number of nitrogens with zero attached hydrogens (tertiary/aromatic N) is 3. The molecule has 0 saturated carbocycles. The Morgan fingerprint density at radius 1 is 1.31 bits per heavy atom. The van der Waals surface area contributed by atoms with Gasteiger partial charge in [0.1, 0.15) is 18.2 Å². The van der Waals surface area contributed by atoms with Crippen molar-refractivity contribution in [2.45, 2.75) is 36.8 Å². The van der Waals surface area contributed by atoms with Gasteiger partial charge in [0.25, 0.3) is 0 Å². The Bertz CT molecular complexity index is 896. The highest BCUT2D eigenvalue weighted by molar-refractivity contribution is 7.99. The van der Waals surface area contributed by atoms with E-state index in [2.05, 4.69) is 14.8 Å². The monoisotopic (exact) mass is 435 g/mol. The molecule has 0 radical (unpaired) electrons. The maximum Gasteiger partial charge on any atom is 0.191 e. The van der Waals surface area contributed by atoms with Crippen molar-refractivity contribution in [3.05, 3.63) is 47.6 Å². The van der Waals surface area contributed by atoms with Gasteiger partial charge in [-0.05, 0) is 48.6 Å². The first-order valence-corrected chi connectivity index (χ1v) is 11.3. The van der Waals surface area contributed by atoms with Crippen molar-refractivity contribution in [2.24, 2.45) is 0 Å². The average molecular weight is 436 g/mol. The summed E-state index contributed by atoms with van der Waals surface area (Å²) < 4.78 is 26.4. The van der Waals surface area contributed by atoms with Gasteiger partial charge >= 0.3 is 0 Å². The molecule has 2 aromatic heterocycles. The minimum atomic E-state index is -0.692. The van der Waals surface area contributed by atoms with Crippen molar-refractivity contribution in [2.75, 3.05) is 19.0 Å². The number of hydrogen-bond donors (Lipinski definition) is 1. The Labute approximate surface area is 176 Å². The summed E-state index contributed by atoms with van der Waals surface area (Å²) in [5.41, 5.74) is 0. The molecule has 6 nitrogen and oxygen atoms in total. The van der Waals surface area contributed by atoms with Gasteiger partial charge in [-0.3, -0.25) is 4.57 Å². The lowest BCUT2D eigenvalue weighted by atomic mass is 10.2. The molecule has 0 spiro atoms. The SMILES string of the molecule is O[C@@H](COc1ccc(F)cc1)CSc1nnc(-c2cccs2)n1C[C@@H]1CCCO1. The standard InChI is InChI=1S/C20H22FN3O3S2/c21-14-5-7-16(8-6-14)27-12-15(25)13-29-20-23-22-19(18-4-2-10-28-18)24(20)11-17-3-1-9-26-17/h2,4-8,10,15,17,25H,1,3,9,11-13H2/t15-,17-/m0/s1. The number of halogens is 1. The van der Waals surface area contributed by atoms with Crippen LogP contribution in [0.5, 0.6) is 5.75 Å². The topological polar surface area (TPSA) is 69.4 Å². The lowest BCUT2D eigenvalue weighted by molar-refractivity contribution is 0.0953. The predicted molar refractivity (Wildman–Crippen MR) is 111 cm³/mol. The van der Waals surface area contributed by atoms with Crippen LogP contribution in [0.25, 0.3) is 10.7 Å². The largest absolute Gasteiger partial charge is 0.491 e. The number of aliphatic hydroxyl groups is 1. The second-order valence-electron chi connectivity index (χ2n) is 6.76. The number of benzene rings is 1. The van der Waals surface area contributed by atoms with Crippen molar-refractivity contribution in [1.82, 2.24) is 14.8 Å². The maximum atomic E-state index is 12.9. The Hall–Kier alpha value is -1.94. The molecule has 0 aliphatic carbocycles. The van der Waals surface area contributed by atoms with Gasteiger partial charge in [0.2, 0.25) is 0 Å². The first-order chi connectivity index (χ1) is 14.2. The van der Waals surface area contributed by atoms with Crippen molar-refractivity contribution in [1.29, 1.82) is 0 Å². The minimum absolute atomic E-state index is 0.121. The highest BCUT2D eigenvalue weighted by Crippen LogP contribution is 2.29. The molecule has 1 aliphatic heterocycles. The highest BCUT2D eigenvalue weighted by atomic mass is 32.2. The Morgan fingerprint density at radius 2 is 2.17 bits per heavy atom. The third-order valence-electron chi connectivity index (χ3n) is 4.53. The molecule has 2 atom stereocenters. The van der Waals surface area contributed by atoms with Crippen LogP contribution in [0.2, 0.25) is 0 Å². The molecule has 1 aliphatic rings. The van der Waals surface area contributed by atoms with Crippen LogP contribution < -0.4 is 4.74 Å². The fourth-order valence-electron chi connectivity index (χ4n) is 3.08. The summed E-state index contributed by atoms with van der Waals surface area (Å²) in [6.45, 7) is 1.62. The van der Waals surface area contributed by atoms with Crippen LogP contribution >= 0.6 is 23.1 Å². The van der Waals surface area contributed by atoms with Crippen LogP contribution in [0.15, 0.2) is 46.9 Å². The summed E-state index contributed by atoms with van der Waals surface area (Å²) in [5.74, 6) is 1.45. The van der Waals surface area contributed by atoms with E-state index < -0.39 is 6.10 Å². The van der Waals surface area contributed by atoms with E-state index in [0.29, 0.717) is 18.0 Å². The Morgan fingerprint density at radius 3 is 2.90 bits per heavy atom. The third kappa shape index (κ3) is 5.36. The molecule has 154 valence electrons. The van der Waals surface area contributed by atoms with Gasteiger partial charge in [-0.15, -0.1) is 21.5 Å². The fourth-order valence-corrected chi connectivity index (χ4v) is 4.65. The van der Waals surface area contributed by atoms with Crippen molar-refractivity contribution in [3.8, 4) is 16.5 Å². The normalized spacial score (nSPS) is 17.5. The van der Waals surface area contributed by atoms with E-state index in [9.17, 15) is 9.50 Å². The van der Waals surface area contributed by atoms with Crippen LogP contribution in [0.3, 0.4) is 0 Å². The fraction of sp³-hybridized carbons (Fsp3) is 0.400. The second-order valence-corrected chi connectivity index (χ2v) is 8.69. The van der Waals surface area contributed by atoms with Gasteiger partial charge in [-0.1, -0.05) is 17.8 Å². The molecular formula is C20H22FN3O3S2. The number of thioether (sulfide) groups is 1. The summed E-state index contributed by atoms with van der Waals surface area (Å²) in [6, 6.07) is 9.77. The van der Waals surface area contributed by atoms with Crippen molar-refractivity contribution in [3.63, 3.8) is 0 Å². The summed E-state index contributed by atoms with van der Waals surface area (Å²) in [4.78, 5) is 1.06. The summed E-state index contributed by atoms with van der Waals surface area (Å²) in [6.07, 6.45) is 1.57. The van der Waals surface area contributed by atoms with E-state index in [1.165, 1.54) is 23.9 Å². The number of thiophene rings is 1. The minimum Gasteiger partial charge on any atom is -0.491 e. The van der Waals surface area contributed by atoms with Crippen LogP contribution in [0.4, 0.5) is 4.39 Å². The molecular weight excluding hydrogens is 413 g/mol. The molecule has 29 heavy (non-hydrogen) atoms. The van der Waals surface area contributed by atoms with E-state index in [4.69, 9.17) is 9.47 Å². The third-order valence-corrected chi connectivity index (χ3v) is 6.51. The smallest absolute Gasteiger partial charge is 0.191 e. The van der Waals surface area contributed by atoms with E-state index in [1.54, 1.807) is 23.5 Å². The van der Waals surface area contributed by atoms with Gasteiger partial charge in [-0.2, -0.15) is 0 Å². The molecule has 4 rings (SSSR count). The zero-order chi connectivity index (χ0) is 20.1. The van der Waals surface area contributed by atoms with E-state index in [0.717, 1.165) is 35.3 Å². The van der Waals surface area contributed by atoms with E-state index in [1.807, 2.05) is 17.5 Å². The zero-order valence-corrected chi connectivity index (χ0v) is 17.4. The molecule has 3 heterocycles. The number of rotatable bonds is 9. The molecule has 0 amide bonds. The summed E-state index contributed by atoms with van der Waals surface area (Å²) in [7, 11) is 0. The molecule has 1 aromatic carbocycles. The molecule has 1 fully saturated rings. The number of ether oxygens (including phenoxy) is 2. The van der Waals surface area contributed by atoms with Crippen LogP contribution in [-0.4, -0.2) is 51.0 Å². The maximum absolute atomic E-state index is 12.9. The lowest BCUT2D eigenvalue weighted by Gasteiger charge is -2.15. The number of aromatic nitrogens is 3. The first-order valence-electron chi connectivity index (χ1n) is 9.47. The van der Waals surface area contributed by atoms with Gasteiger partial charge in [0.15, 0.2) is 11.0 Å². The van der Waals surface area contributed by atoms with E-state index >= 15 is 0 Å². The quantitative estimate of drug-likeness (QED) is 0.515. The summed E-state index contributed by atoms with van der Waals surface area (Å²) in [5, 5.41) is 21.8. The molecule has 0 unspecified atom stereocenters. The average Bonchev–Trinajstić information content (AvgIpc) is 3.49. The lowest BCUT2D eigenvalue weighted by Crippen LogP contribution is -2.21. The van der Waals surface area contributed by atoms with Gasteiger partial charge < -0.3 is 14.6 Å². The molecule has 3 aromatic rings. The molecule has 9 heteroatoms. The van der Waals surface area contributed by atoms with Crippen molar-refractivity contribution >= 4 is 23.1 Å². The molecule has 0 bridgehead atoms. The zero-order valence-electron chi connectivity index (χ0n) is 15.7. The number of hydrogen-bond acceptors (Lipinski definition) is 7. The van der Waals surface area contributed by atoms with Gasteiger partial charge in [-0.25, -0.2) is 4.39 Å². The van der Waals surface area contributed by atoms with Crippen LogP contribution in [0, 0.1) is 5.82 Å². The first kappa shape index (κ1) is 20.3. The summed E-state index contributed by atoms with van der Waals surface area (Å²) >= 11 is 3.07. The molecule has 1 saturated heterocycles. The molecule has 1 N–H and O–H groups in total. The van der Waals surface area contributed by atoms with Crippen molar-refractivity contribution < 1.29 is 19.0 Å². The van der Waals surface area contributed by atoms with Gasteiger partial charge in [0, 0.05) is 12.4 Å². The second kappa shape index (κ2) is 9.71. The Kier molecular flexibility index (Phi) is 6.81. The number of aliphatic hydroxyl groups excluding tert-OH is 1. The Balaban J connectivity index is 1.38. The van der Waals surface area contributed by atoms with Crippen LogP contribution in [0.1, 0.15) is 12.8 Å². The predicted octanol–water partition coefficient (Wildman–Crippen LogP) is 3.86. The van der Waals surface area contributed by atoms with Gasteiger partial charge in [0.05, 0.1) is 23.6 Å². The van der Waals surface area contributed by atoms with E-state index in [-0.39, 0.29) is 18.5 Å². The highest BCUT2D eigenvalue weighted by Gasteiger charge is 2.22.